The van der Waals surface area contributed by atoms with E-state index < -0.39 is 5.79 Å². The van der Waals surface area contributed by atoms with Crippen LogP contribution in [0.25, 0.3) is 0 Å². The first kappa shape index (κ1) is 24.5. The summed E-state index contributed by atoms with van der Waals surface area (Å²) in [5.74, 6) is -0.845. The second kappa shape index (κ2) is 16.5. The smallest absolute Gasteiger partial charge is 0.233 e. The number of rotatable bonds is 12. The molecule has 6 heteroatoms. The highest BCUT2D eigenvalue weighted by Gasteiger charge is 2.35. The summed E-state index contributed by atoms with van der Waals surface area (Å²) in [4.78, 5) is 26.6. The van der Waals surface area contributed by atoms with E-state index in [2.05, 4.69) is 11.5 Å². The Morgan fingerprint density at radius 3 is 1.78 bits per heavy atom. The van der Waals surface area contributed by atoms with Crippen LogP contribution < -0.4 is 0 Å². The van der Waals surface area contributed by atoms with Crippen molar-refractivity contribution in [1.82, 2.24) is 0 Å². The minimum absolute atomic E-state index is 0.301. The molecule has 27 heavy (non-hydrogen) atoms. The Bertz CT molecular complexity index is 349. The Labute approximate surface area is 164 Å². The van der Waals surface area contributed by atoms with Crippen LogP contribution in [0.3, 0.4) is 0 Å². The zero-order valence-electron chi connectivity index (χ0n) is 17.2. The lowest BCUT2D eigenvalue weighted by Gasteiger charge is -2.31. The lowest BCUT2D eigenvalue weighted by molar-refractivity contribution is -0.514. The third kappa shape index (κ3) is 13.3. The molecule has 0 unspecified atom stereocenters. The Hall–Kier alpha value is -0.500. The maximum atomic E-state index is 8.36. The van der Waals surface area contributed by atoms with Gasteiger partial charge in [-0.1, -0.05) is 50.5 Å². The third-order valence-corrected chi connectivity index (χ3v) is 4.86. The molecule has 0 aromatic carbocycles. The van der Waals surface area contributed by atoms with Crippen LogP contribution in [-0.2, 0) is 24.4 Å². The van der Waals surface area contributed by atoms with Gasteiger partial charge in [-0.25, -0.2) is 14.7 Å². The molecule has 1 N–H and O–H groups in total. The minimum atomic E-state index is -0.845. The summed E-state index contributed by atoms with van der Waals surface area (Å²) in [5.41, 5.74) is 1.06. The largest absolute Gasteiger partial charge is 0.252 e. The fraction of sp³-hybridized carbons (Fsp3) is 0.905. The van der Waals surface area contributed by atoms with E-state index in [9.17, 15) is 0 Å². The maximum Gasteiger partial charge on any atom is 0.233 e. The summed E-state index contributed by atoms with van der Waals surface area (Å²) in [6, 6.07) is 0. The highest BCUT2D eigenvalue weighted by Crippen LogP contribution is 2.30. The fourth-order valence-electron chi connectivity index (χ4n) is 3.17. The van der Waals surface area contributed by atoms with E-state index in [1.165, 1.54) is 44.9 Å². The molecule has 160 valence electrons. The average Bonchev–Trinajstić information content (AvgIpc) is 2.64. The van der Waals surface area contributed by atoms with Gasteiger partial charge in [-0.3, -0.25) is 5.26 Å². The summed E-state index contributed by atoms with van der Waals surface area (Å²) in [6.45, 7) is 7.07. The Morgan fingerprint density at radius 2 is 1.26 bits per heavy atom. The van der Waals surface area contributed by atoms with Gasteiger partial charge in [0, 0.05) is 12.8 Å². The van der Waals surface area contributed by atoms with Gasteiger partial charge in [-0.15, -0.1) is 6.58 Å². The van der Waals surface area contributed by atoms with Crippen molar-refractivity contribution in [3.8, 4) is 0 Å². The monoisotopic (exact) mass is 388 g/mol. The van der Waals surface area contributed by atoms with Gasteiger partial charge in [-0.05, 0) is 39.0 Å². The Kier molecular flexibility index (Phi) is 15.0. The molecule has 0 bridgehead atoms. The lowest BCUT2D eigenvalue weighted by Crippen LogP contribution is -2.37. The number of hydrogen-bond donors (Lipinski definition) is 1. The van der Waals surface area contributed by atoms with E-state index in [1.807, 2.05) is 6.92 Å². The molecule has 6 nitrogen and oxygen atoms in total. The second-order valence-corrected chi connectivity index (χ2v) is 7.65. The van der Waals surface area contributed by atoms with Crippen molar-refractivity contribution >= 4 is 0 Å². The molecule has 1 saturated carbocycles. The normalized spacial score (nSPS) is 19.2. The summed E-state index contributed by atoms with van der Waals surface area (Å²) in [7, 11) is 0. The molecule has 0 radical (unpaired) electrons. The highest BCUT2D eigenvalue weighted by molar-refractivity contribution is 4.86. The molecule has 0 aromatic rings. The molecule has 0 heterocycles. The molecule has 0 amide bonds. The summed E-state index contributed by atoms with van der Waals surface area (Å²) in [5, 5.41) is 8.36. The van der Waals surface area contributed by atoms with E-state index >= 15 is 0 Å². The van der Waals surface area contributed by atoms with Crippen LogP contribution in [-0.4, -0.2) is 30.9 Å². The van der Waals surface area contributed by atoms with E-state index in [-0.39, 0.29) is 0 Å². The highest BCUT2D eigenvalue weighted by atomic mass is 17.3. The van der Waals surface area contributed by atoms with Crippen molar-refractivity contribution in [3.05, 3.63) is 12.2 Å². The Balaban J connectivity index is 2.54. The van der Waals surface area contributed by atoms with Crippen LogP contribution in [0.1, 0.15) is 96.8 Å². The van der Waals surface area contributed by atoms with Crippen LogP contribution in [0.4, 0.5) is 0 Å². The van der Waals surface area contributed by atoms with Gasteiger partial charge < -0.3 is 0 Å². The first-order valence-electron chi connectivity index (χ1n) is 10.7. The molecule has 1 aliphatic carbocycles. The van der Waals surface area contributed by atoms with Crippen LogP contribution in [0.15, 0.2) is 12.2 Å². The predicted molar refractivity (Wildman–Crippen MR) is 105 cm³/mol. The van der Waals surface area contributed by atoms with Gasteiger partial charge in [-0.2, -0.15) is 9.78 Å². The zero-order chi connectivity index (χ0) is 19.6. The molecule has 1 aliphatic rings. The quantitative estimate of drug-likeness (QED) is 0.143. The summed E-state index contributed by atoms with van der Waals surface area (Å²) < 4.78 is 0. The van der Waals surface area contributed by atoms with Gasteiger partial charge in [0.25, 0.3) is 0 Å². The molecule has 1 rings (SSSR count). The topological polar surface area (TPSA) is 66.4 Å². The van der Waals surface area contributed by atoms with Gasteiger partial charge in [0.05, 0.1) is 19.8 Å². The van der Waals surface area contributed by atoms with Crippen LogP contribution in [0, 0.1) is 0 Å². The van der Waals surface area contributed by atoms with Crippen LogP contribution >= 0.6 is 0 Å². The van der Waals surface area contributed by atoms with Crippen molar-refractivity contribution in [2.75, 3.05) is 19.8 Å². The average molecular weight is 389 g/mol. The molecule has 0 saturated heterocycles. The molecule has 0 spiro atoms. The zero-order valence-corrected chi connectivity index (χ0v) is 17.2. The van der Waals surface area contributed by atoms with E-state index in [1.54, 1.807) is 0 Å². The SMILES string of the molecule is C=C(C)CCOOC1(OOCCCCOO)CCCCCCCCCCC1. The van der Waals surface area contributed by atoms with Crippen molar-refractivity contribution in [3.63, 3.8) is 0 Å². The molecular formula is C21H40O6. The predicted octanol–water partition coefficient (Wildman–Crippen LogP) is 6.12. The van der Waals surface area contributed by atoms with E-state index in [0.717, 1.165) is 44.1 Å². The summed E-state index contributed by atoms with van der Waals surface area (Å²) in [6.07, 6.45) is 14.7. The molecular weight excluding hydrogens is 348 g/mol. The van der Waals surface area contributed by atoms with Crippen molar-refractivity contribution in [1.29, 1.82) is 0 Å². The molecule has 0 atom stereocenters. The van der Waals surface area contributed by atoms with Gasteiger partial charge >= 0.3 is 0 Å². The minimum Gasteiger partial charge on any atom is -0.252 e. The van der Waals surface area contributed by atoms with Gasteiger partial charge in [0.2, 0.25) is 5.79 Å². The van der Waals surface area contributed by atoms with Gasteiger partial charge in [0.15, 0.2) is 0 Å². The van der Waals surface area contributed by atoms with E-state index in [0.29, 0.717) is 26.2 Å². The maximum absolute atomic E-state index is 8.36. The van der Waals surface area contributed by atoms with Crippen LogP contribution in [0.5, 0.6) is 0 Å². The first-order chi connectivity index (χ1) is 13.2. The number of unbranched alkanes of at least 4 members (excludes halogenated alkanes) is 1. The lowest BCUT2D eigenvalue weighted by atomic mass is 9.97. The molecule has 0 aliphatic heterocycles. The third-order valence-electron chi connectivity index (χ3n) is 4.86. The molecule has 1 fully saturated rings. The van der Waals surface area contributed by atoms with Crippen molar-refractivity contribution in [2.24, 2.45) is 0 Å². The van der Waals surface area contributed by atoms with Crippen molar-refractivity contribution in [2.45, 2.75) is 103 Å². The number of hydrogen-bond acceptors (Lipinski definition) is 6. The fourth-order valence-corrected chi connectivity index (χ4v) is 3.17. The second-order valence-electron chi connectivity index (χ2n) is 7.65. The first-order valence-corrected chi connectivity index (χ1v) is 10.7. The van der Waals surface area contributed by atoms with Gasteiger partial charge in [0.1, 0.15) is 0 Å². The Morgan fingerprint density at radius 1 is 0.778 bits per heavy atom. The molecule has 0 aromatic heterocycles. The van der Waals surface area contributed by atoms with Crippen molar-refractivity contribution < 1.29 is 29.7 Å². The van der Waals surface area contributed by atoms with Crippen LogP contribution in [0.2, 0.25) is 0 Å². The standard InChI is InChI=1S/C21H40O6/c1-20(2)14-19-25-27-21(26-24-18-13-12-17-23-22)15-10-8-6-4-3-5-7-9-11-16-21/h22H,1,3-19H2,2H3. The van der Waals surface area contributed by atoms with E-state index in [4.69, 9.17) is 24.8 Å². The summed E-state index contributed by atoms with van der Waals surface area (Å²) >= 11 is 0.